The van der Waals surface area contributed by atoms with Crippen LogP contribution in [-0.4, -0.2) is 62.7 Å². The lowest BCUT2D eigenvalue weighted by Gasteiger charge is -2.16. The zero-order valence-corrected chi connectivity index (χ0v) is 21.4. The van der Waals surface area contributed by atoms with Crippen LogP contribution in [0.2, 0.25) is 0 Å². The van der Waals surface area contributed by atoms with Gasteiger partial charge in [0.15, 0.2) is 0 Å². The van der Waals surface area contributed by atoms with Gasteiger partial charge in [0.25, 0.3) is 0 Å². The first-order valence-electron chi connectivity index (χ1n) is 12.6. The number of unbranched alkanes of at least 4 members (excludes halogenated alkanes) is 12. The largest absolute Gasteiger partial charge is 0.397 e. The third-order valence-electron chi connectivity index (χ3n) is 5.78. The highest BCUT2D eigenvalue weighted by atomic mass is 32.3. The van der Waals surface area contributed by atoms with Crippen molar-refractivity contribution in [2.24, 2.45) is 0 Å². The maximum absolute atomic E-state index is 9.33. The van der Waals surface area contributed by atoms with Gasteiger partial charge in [-0.15, -0.1) is 0 Å². The van der Waals surface area contributed by atoms with Gasteiger partial charge in [0.05, 0.1) is 13.8 Å². The lowest BCUT2D eigenvalue weighted by molar-refractivity contribution is 0.249. The smallest absolute Gasteiger partial charge is 0.289 e. The fourth-order valence-corrected chi connectivity index (χ4v) is 3.73. The summed E-state index contributed by atoms with van der Waals surface area (Å²) >= 11 is 0. The molecule has 0 amide bonds. The van der Waals surface area contributed by atoms with Crippen LogP contribution in [0, 0.1) is 0 Å². The SMILES string of the molecule is CCCCCCCCC=CCCCCCCCCN1CCN(CC)C1.COS(=O)(=O)O. The molecular formula is C24H50N2O4S. The van der Waals surface area contributed by atoms with E-state index in [2.05, 4.69) is 40.0 Å². The molecule has 1 aliphatic heterocycles. The quantitative estimate of drug-likeness (QED) is 0.152. The summed E-state index contributed by atoms with van der Waals surface area (Å²) in [7, 11) is -3.29. The summed E-state index contributed by atoms with van der Waals surface area (Å²) in [5.41, 5.74) is 0. The molecule has 6 nitrogen and oxygen atoms in total. The van der Waals surface area contributed by atoms with E-state index >= 15 is 0 Å². The number of likely N-dealkylation sites (N-methyl/N-ethyl adjacent to an activating group) is 1. The molecule has 0 radical (unpaired) electrons. The molecule has 0 aromatic heterocycles. The minimum atomic E-state index is -4.16. The van der Waals surface area contributed by atoms with E-state index in [-0.39, 0.29) is 0 Å². The van der Waals surface area contributed by atoms with Crippen molar-refractivity contribution in [3.05, 3.63) is 12.2 Å². The van der Waals surface area contributed by atoms with Crippen LogP contribution in [0.3, 0.4) is 0 Å². The predicted molar refractivity (Wildman–Crippen MR) is 132 cm³/mol. The second-order valence-electron chi connectivity index (χ2n) is 8.50. The minimum Gasteiger partial charge on any atom is -0.289 e. The molecule has 7 heteroatoms. The molecule has 0 atom stereocenters. The Hall–Kier alpha value is -0.470. The van der Waals surface area contributed by atoms with Crippen LogP contribution in [-0.2, 0) is 14.6 Å². The van der Waals surface area contributed by atoms with Crippen molar-refractivity contribution in [1.82, 2.24) is 9.80 Å². The van der Waals surface area contributed by atoms with Gasteiger partial charge in [0.2, 0.25) is 0 Å². The zero-order valence-electron chi connectivity index (χ0n) is 20.6. The Morgan fingerprint density at radius 1 is 0.774 bits per heavy atom. The van der Waals surface area contributed by atoms with Gasteiger partial charge in [0.1, 0.15) is 0 Å². The molecular weight excluding hydrogens is 412 g/mol. The molecule has 1 saturated heterocycles. The molecule has 0 aromatic rings. The second-order valence-corrected chi connectivity index (χ2v) is 9.69. The van der Waals surface area contributed by atoms with Crippen molar-refractivity contribution in [2.45, 2.75) is 104 Å². The van der Waals surface area contributed by atoms with E-state index in [9.17, 15) is 8.42 Å². The first kappa shape index (κ1) is 30.5. The lowest BCUT2D eigenvalue weighted by atomic mass is 10.1. The van der Waals surface area contributed by atoms with Crippen molar-refractivity contribution in [3.63, 3.8) is 0 Å². The first-order valence-corrected chi connectivity index (χ1v) is 13.9. The van der Waals surface area contributed by atoms with Crippen LogP contribution in [0.15, 0.2) is 12.2 Å². The van der Waals surface area contributed by atoms with Gasteiger partial charge in [-0.05, 0) is 45.2 Å². The van der Waals surface area contributed by atoms with E-state index < -0.39 is 10.4 Å². The molecule has 1 aliphatic rings. The maximum Gasteiger partial charge on any atom is 0.397 e. The summed E-state index contributed by atoms with van der Waals surface area (Å²) in [6, 6.07) is 0. The Labute approximate surface area is 193 Å². The highest BCUT2D eigenvalue weighted by molar-refractivity contribution is 7.80. The summed E-state index contributed by atoms with van der Waals surface area (Å²) in [5, 5.41) is 0. The molecule has 0 saturated carbocycles. The summed E-state index contributed by atoms with van der Waals surface area (Å²) in [5.74, 6) is 0. The number of hydrogen-bond acceptors (Lipinski definition) is 5. The summed E-state index contributed by atoms with van der Waals surface area (Å²) < 4.78 is 29.7. The Morgan fingerprint density at radius 3 is 1.68 bits per heavy atom. The molecule has 186 valence electrons. The third-order valence-corrected chi connectivity index (χ3v) is 6.20. The van der Waals surface area contributed by atoms with Crippen LogP contribution in [0.1, 0.15) is 104 Å². The van der Waals surface area contributed by atoms with E-state index in [1.807, 2.05) is 0 Å². The van der Waals surface area contributed by atoms with Gasteiger partial charge in [-0.25, -0.2) is 0 Å². The van der Waals surface area contributed by atoms with Crippen LogP contribution >= 0.6 is 0 Å². The highest BCUT2D eigenvalue weighted by Crippen LogP contribution is 2.11. The van der Waals surface area contributed by atoms with E-state index in [0.29, 0.717) is 0 Å². The Morgan fingerprint density at radius 2 is 1.23 bits per heavy atom. The van der Waals surface area contributed by atoms with Crippen molar-refractivity contribution in [1.29, 1.82) is 0 Å². The van der Waals surface area contributed by atoms with Crippen LogP contribution in [0.25, 0.3) is 0 Å². The number of hydrogen-bond donors (Lipinski definition) is 1. The Kier molecular flexibility index (Phi) is 21.1. The standard InChI is InChI=1S/C23H46N2.CH4O4S/c1-3-5-6-7-8-9-10-11-12-13-14-15-16-17-18-19-20-25-22-21-24(4-2)23-25;1-5-6(2,3)4/h11-12H,3-10,13-23H2,1-2H3;1H3,(H,2,3,4). The highest BCUT2D eigenvalue weighted by Gasteiger charge is 2.16. The van der Waals surface area contributed by atoms with Crippen molar-refractivity contribution >= 4 is 10.4 Å². The molecule has 1 fully saturated rings. The fourth-order valence-electron chi connectivity index (χ4n) is 3.73. The monoisotopic (exact) mass is 462 g/mol. The van der Waals surface area contributed by atoms with Crippen LogP contribution in [0.4, 0.5) is 0 Å². The van der Waals surface area contributed by atoms with E-state index in [0.717, 1.165) is 7.11 Å². The maximum atomic E-state index is 9.33. The first-order chi connectivity index (χ1) is 14.9. The second kappa shape index (κ2) is 21.4. The molecule has 0 bridgehead atoms. The number of rotatable bonds is 18. The average Bonchev–Trinajstić information content (AvgIpc) is 3.21. The molecule has 0 aromatic carbocycles. The predicted octanol–water partition coefficient (Wildman–Crippen LogP) is 6.05. The van der Waals surface area contributed by atoms with Gasteiger partial charge in [-0.2, -0.15) is 8.42 Å². The molecule has 1 rings (SSSR count). The zero-order chi connectivity index (χ0) is 23.2. The van der Waals surface area contributed by atoms with Gasteiger partial charge < -0.3 is 0 Å². The third kappa shape index (κ3) is 22.5. The molecule has 0 unspecified atom stereocenters. The lowest BCUT2D eigenvalue weighted by Crippen LogP contribution is -2.26. The van der Waals surface area contributed by atoms with Gasteiger partial charge in [0, 0.05) is 13.1 Å². The topological polar surface area (TPSA) is 70.1 Å². The normalized spacial score (nSPS) is 15.5. The van der Waals surface area contributed by atoms with Crippen LogP contribution in [0.5, 0.6) is 0 Å². The minimum absolute atomic E-state index is 0.870. The number of allylic oxidation sites excluding steroid dienone is 2. The van der Waals surface area contributed by atoms with Gasteiger partial charge in [-0.1, -0.05) is 83.8 Å². The van der Waals surface area contributed by atoms with Crippen molar-refractivity contribution < 1.29 is 17.2 Å². The fraction of sp³-hybridized carbons (Fsp3) is 0.917. The average molecular weight is 463 g/mol. The Bertz CT molecular complexity index is 512. The molecule has 1 N–H and O–H groups in total. The molecule has 1 heterocycles. The number of nitrogens with zero attached hydrogens (tertiary/aromatic N) is 2. The van der Waals surface area contributed by atoms with Crippen molar-refractivity contribution in [3.8, 4) is 0 Å². The van der Waals surface area contributed by atoms with Gasteiger partial charge >= 0.3 is 10.4 Å². The summed E-state index contributed by atoms with van der Waals surface area (Å²) in [4.78, 5) is 5.16. The van der Waals surface area contributed by atoms with Crippen molar-refractivity contribution in [2.75, 3.05) is 40.0 Å². The summed E-state index contributed by atoms with van der Waals surface area (Å²) in [6.07, 6.45) is 24.5. The molecule has 0 aliphatic carbocycles. The van der Waals surface area contributed by atoms with Crippen LogP contribution < -0.4 is 0 Å². The summed E-state index contributed by atoms with van der Waals surface area (Å²) in [6.45, 7) is 10.9. The van der Waals surface area contributed by atoms with E-state index in [1.54, 1.807) is 0 Å². The van der Waals surface area contributed by atoms with E-state index in [1.165, 1.54) is 123 Å². The Balaban J connectivity index is 0.00000131. The molecule has 31 heavy (non-hydrogen) atoms. The van der Waals surface area contributed by atoms with Gasteiger partial charge in [-0.3, -0.25) is 18.5 Å². The molecule has 0 spiro atoms. The van der Waals surface area contributed by atoms with E-state index in [4.69, 9.17) is 4.55 Å².